The van der Waals surface area contributed by atoms with Crippen LogP contribution >= 0.6 is 0 Å². The summed E-state index contributed by atoms with van der Waals surface area (Å²) in [6.07, 6.45) is 5.92. The standard InChI is InChI=1S/C33H44F2N4O4/c1-31(2,3)23-14-16-25(17-15-23)39(29(41)27-33(34,35)18-20-38(27)30(42)43-32(4,5)6)26(22-11-10-19-36-21-22)28(40)37-24-12-8-7-9-13-24/h10-11,14-17,19,21,24,26-27H,7-9,12-13,18,20H2,1-6H3,(H,37,40). The zero-order chi connectivity index (χ0) is 31.6. The molecule has 0 bridgehead atoms. The van der Waals surface area contributed by atoms with Crippen LogP contribution in [0.4, 0.5) is 19.3 Å². The number of benzene rings is 1. The lowest BCUT2D eigenvalue weighted by Gasteiger charge is -2.37. The molecule has 4 rings (SSSR count). The molecule has 2 heterocycles. The van der Waals surface area contributed by atoms with Gasteiger partial charge in [-0.05, 0) is 62.8 Å². The molecule has 43 heavy (non-hydrogen) atoms. The topological polar surface area (TPSA) is 91.8 Å². The maximum Gasteiger partial charge on any atom is 0.411 e. The number of halogens is 2. The second kappa shape index (κ2) is 12.6. The SMILES string of the molecule is CC(C)(C)OC(=O)N1CCC(F)(F)C1C(=O)N(c1ccc(C(C)(C)C)cc1)C(C(=O)NC1CCCCC1)c1cccnc1. The number of hydrogen-bond donors (Lipinski definition) is 1. The molecule has 2 atom stereocenters. The van der Waals surface area contributed by atoms with E-state index < -0.39 is 47.9 Å². The number of hydrogen-bond acceptors (Lipinski definition) is 5. The Morgan fingerprint density at radius 3 is 2.23 bits per heavy atom. The lowest BCUT2D eigenvalue weighted by molar-refractivity contribution is -0.136. The van der Waals surface area contributed by atoms with Crippen molar-refractivity contribution >= 4 is 23.6 Å². The summed E-state index contributed by atoms with van der Waals surface area (Å²) in [6, 6.07) is 6.72. The summed E-state index contributed by atoms with van der Waals surface area (Å²) >= 11 is 0. The molecule has 1 saturated heterocycles. The quantitative estimate of drug-likeness (QED) is 0.407. The number of anilines is 1. The Labute approximate surface area is 253 Å². The van der Waals surface area contributed by atoms with Gasteiger partial charge in [0.2, 0.25) is 5.91 Å². The van der Waals surface area contributed by atoms with Gasteiger partial charge >= 0.3 is 6.09 Å². The van der Waals surface area contributed by atoms with Crippen LogP contribution in [0, 0.1) is 0 Å². The zero-order valence-electron chi connectivity index (χ0n) is 26.0. The van der Waals surface area contributed by atoms with Gasteiger partial charge in [-0.3, -0.25) is 24.4 Å². The van der Waals surface area contributed by atoms with Crippen molar-refractivity contribution in [2.75, 3.05) is 11.4 Å². The van der Waals surface area contributed by atoms with Crippen molar-refractivity contribution in [3.8, 4) is 0 Å². The highest BCUT2D eigenvalue weighted by Gasteiger charge is 2.58. The van der Waals surface area contributed by atoms with Crippen LogP contribution in [-0.2, 0) is 19.7 Å². The van der Waals surface area contributed by atoms with Gasteiger partial charge in [-0.1, -0.05) is 58.2 Å². The van der Waals surface area contributed by atoms with E-state index in [1.54, 1.807) is 51.2 Å². The van der Waals surface area contributed by atoms with E-state index in [2.05, 4.69) is 10.3 Å². The van der Waals surface area contributed by atoms with Gasteiger partial charge in [0.05, 0.1) is 0 Å². The number of amides is 3. The first-order chi connectivity index (χ1) is 20.1. The molecular weight excluding hydrogens is 554 g/mol. The van der Waals surface area contributed by atoms with Gasteiger partial charge in [-0.2, -0.15) is 0 Å². The van der Waals surface area contributed by atoms with Crippen LogP contribution in [-0.4, -0.2) is 57.9 Å². The number of aromatic nitrogens is 1. The van der Waals surface area contributed by atoms with Gasteiger partial charge in [0, 0.05) is 42.7 Å². The number of alkyl halides is 2. The molecule has 10 heteroatoms. The molecule has 2 aromatic rings. The van der Waals surface area contributed by atoms with Crippen molar-refractivity contribution in [3.05, 3.63) is 59.9 Å². The van der Waals surface area contributed by atoms with Crippen molar-refractivity contribution in [2.24, 2.45) is 0 Å². The largest absolute Gasteiger partial charge is 0.444 e. The Balaban J connectivity index is 1.83. The van der Waals surface area contributed by atoms with E-state index in [-0.39, 0.29) is 23.7 Å². The predicted molar refractivity (Wildman–Crippen MR) is 161 cm³/mol. The lowest BCUT2D eigenvalue weighted by Crippen LogP contribution is -2.57. The molecule has 234 valence electrons. The smallest absolute Gasteiger partial charge is 0.411 e. The van der Waals surface area contributed by atoms with Crippen LogP contribution in [0.1, 0.15) is 97.2 Å². The second-order valence-electron chi connectivity index (χ2n) is 13.6. The fraction of sp³-hybridized carbons (Fsp3) is 0.576. The van der Waals surface area contributed by atoms with Gasteiger partial charge in [-0.25, -0.2) is 13.6 Å². The number of carbonyl (C=O) groups excluding carboxylic acids is 3. The summed E-state index contributed by atoms with van der Waals surface area (Å²) in [4.78, 5) is 47.9. The van der Waals surface area contributed by atoms with Gasteiger partial charge in [0.1, 0.15) is 11.6 Å². The van der Waals surface area contributed by atoms with Crippen LogP contribution in [0.5, 0.6) is 0 Å². The lowest BCUT2D eigenvalue weighted by atomic mass is 9.87. The molecule has 2 aliphatic rings. The maximum absolute atomic E-state index is 15.6. The fourth-order valence-electron chi connectivity index (χ4n) is 5.73. The average molecular weight is 599 g/mol. The highest BCUT2D eigenvalue weighted by Crippen LogP contribution is 2.39. The van der Waals surface area contributed by atoms with E-state index in [0.717, 1.165) is 47.5 Å². The van der Waals surface area contributed by atoms with Crippen LogP contribution < -0.4 is 10.2 Å². The molecule has 8 nitrogen and oxygen atoms in total. The molecule has 1 saturated carbocycles. The summed E-state index contributed by atoms with van der Waals surface area (Å²) in [5.74, 6) is -5.10. The van der Waals surface area contributed by atoms with Crippen molar-refractivity contribution in [3.63, 3.8) is 0 Å². The number of ether oxygens (including phenoxy) is 1. The third-order valence-corrected chi connectivity index (χ3v) is 7.97. The molecule has 3 amide bonds. The first-order valence-corrected chi connectivity index (χ1v) is 15.1. The minimum absolute atomic E-state index is 0.0909. The first-order valence-electron chi connectivity index (χ1n) is 15.1. The van der Waals surface area contributed by atoms with E-state index in [9.17, 15) is 14.4 Å². The first kappa shape index (κ1) is 32.4. The summed E-state index contributed by atoms with van der Waals surface area (Å²) < 4.78 is 36.7. The molecule has 0 spiro atoms. The van der Waals surface area contributed by atoms with Crippen molar-refractivity contribution in [1.82, 2.24) is 15.2 Å². The van der Waals surface area contributed by atoms with Gasteiger partial charge in [-0.15, -0.1) is 0 Å². The maximum atomic E-state index is 15.6. The molecule has 2 fully saturated rings. The highest BCUT2D eigenvalue weighted by molar-refractivity contribution is 6.05. The normalized spacial score (nSPS) is 19.9. The number of rotatable bonds is 6. The summed E-state index contributed by atoms with van der Waals surface area (Å²) in [5, 5.41) is 3.08. The van der Waals surface area contributed by atoms with E-state index >= 15 is 8.78 Å². The van der Waals surface area contributed by atoms with Crippen LogP contribution in [0.15, 0.2) is 48.8 Å². The summed E-state index contributed by atoms with van der Waals surface area (Å²) in [5.41, 5.74) is 0.436. The Morgan fingerprint density at radius 2 is 1.67 bits per heavy atom. The molecule has 2 unspecified atom stereocenters. The Kier molecular flexibility index (Phi) is 9.47. The molecule has 1 aliphatic carbocycles. The van der Waals surface area contributed by atoms with Crippen molar-refractivity contribution in [1.29, 1.82) is 0 Å². The van der Waals surface area contributed by atoms with Crippen LogP contribution in [0.3, 0.4) is 0 Å². The number of nitrogens with one attached hydrogen (secondary N) is 1. The number of carbonyl (C=O) groups is 3. The number of pyridine rings is 1. The molecule has 1 N–H and O–H groups in total. The second-order valence-corrected chi connectivity index (χ2v) is 13.6. The van der Waals surface area contributed by atoms with Gasteiger partial charge < -0.3 is 10.1 Å². The van der Waals surface area contributed by atoms with Gasteiger partial charge in [0.25, 0.3) is 11.8 Å². The Morgan fingerprint density at radius 1 is 1.02 bits per heavy atom. The Hall–Kier alpha value is -3.56. The minimum atomic E-state index is -3.54. The Bertz CT molecular complexity index is 1280. The summed E-state index contributed by atoms with van der Waals surface area (Å²) in [7, 11) is 0. The number of nitrogens with zero attached hydrogens (tertiary/aromatic N) is 3. The van der Waals surface area contributed by atoms with E-state index in [1.807, 2.05) is 32.9 Å². The predicted octanol–water partition coefficient (Wildman–Crippen LogP) is 6.55. The van der Waals surface area contributed by atoms with Crippen molar-refractivity contribution < 1.29 is 27.9 Å². The molecular formula is C33H44F2N4O4. The number of likely N-dealkylation sites (tertiary alicyclic amines) is 1. The fourth-order valence-corrected chi connectivity index (χ4v) is 5.73. The average Bonchev–Trinajstić information content (AvgIpc) is 3.26. The van der Waals surface area contributed by atoms with Gasteiger partial charge in [0.15, 0.2) is 6.04 Å². The molecule has 1 aliphatic heterocycles. The third kappa shape index (κ3) is 7.70. The molecule has 1 aromatic heterocycles. The molecule has 1 aromatic carbocycles. The van der Waals surface area contributed by atoms with E-state index in [0.29, 0.717) is 5.56 Å². The van der Waals surface area contributed by atoms with Crippen LogP contribution in [0.2, 0.25) is 0 Å². The molecule has 0 radical (unpaired) electrons. The monoisotopic (exact) mass is 598 g/mol. The minimum Gasteiger partial charge on any atom is -0.444 e. The summed E-state index contributed by atoms with van der Waals surface area (Å²) in [6.45, 7) is 10.7. The van der Waals surface area contributed by atoms with Crippen LogP contribution in [0.25, 0.3) is 0 Å². The highest BCUT2D eigenvalue weighted by atomic mass is 19.3. The van der Waals surface area contributed by atoms with Crippen molar-refractivity contribution in [2.45, 2.75) is 115 Å². The third-order valence-electron chi connectivity index (χ3n) is 7.97. The zero-order valence-corrected chi connectivity index (χ0v) is 26.0. The van der Waals surface area contributed by atoms with E-state index in [1.165, 1.54) is 6.20 Å². The van der Waals surface area contributed by atoms with E-state index in [4.69, 9.17) is 4.74 Å².